The lowest BCUT2D eigenvalue weighted by Crippen LogP contribution is -2.57. The number of aliphatic carboxylic acids is 1. The van der Waals surface area contributed by atoms with Gasteiger partial charge in [0.2, 0.25) is 0 Å². The Morgan fingerprint density at radius 2 is 2.25 bits per heavy atom. The number of likely N-dealkylation sites (tertiary alicyclic amines) is 1. The van der Waals surface area contributed by atoms with E-state index in [2.05, 4.69) is 0 Å². The Balaban J connectivity index is 2.64. The van der Waals surface area contributed by atoms with Gasteiger partial charge in [0.1, 0.15) is 5.54 Å². The number of β-amino-alcohol motifs (C(OH)–C–C–N with tert-alkyl or cyclic N) is 1. The molecule has 0 saturated carbocycles. The highest BCUT2D eigenvalue weighted by molar-refractivity contribution is 5.78. The smallest absolute Gasteiger partial charge is 0.323 e. The van der Waals surface area contributed by atoms with E-state index in [-0.39, 0.29) is 6.61 Å². The molecule has 1 aliphatic rings. The number of rotatable bonds is 5. The number of methoxy groups -OCH3 is 1. The molecule has 1 heterocycles. The molecular weight excluding hydrogens is 210 g/mol. The maximum Gasteiger partial charge on any atom is 0.323 e. The van der Waals surface area contributed by atoms with Crippen LogP contribution in [0.4, 0.5) is 0 Å². The van der Waals surface area contributed by atoms with Crippen molar-refractivity contribution < 1.29 is 19.7 Å². The third-order valence-electron chi connectivity index (χ3n) is 3.29. The molecule has 2 unspecified atom stereocenters. The zero-order chi connectivity index (χ0) is 12.2. The number of ether oxygens (including phenoxy) is 1. The van der Waals surface area contributed by atoms with Gasteiger partial charge in [0.05, 0.1) is 12.7 Å². The van der Waals surface area contributed by atoms with Crippen LogP contribution in [0.1, 0.15) is 26.2 Å². The second kappa shape index (κ2) is 5.61. The summed E-state index contributed by atoms with van der Waals surface area (Å²) in [6.07, 6.45) is 1.94. The number of hydrogen-bond donors (Lipinski definition) is 2. The van der Waals surface area contributed by atoms with E-state index in [1.807, 2.05) is 4.90 Å². The lowest BCUT2D eigenvalue weighted by Gasteiger charge is -2.42. The Morgan fingerprint density at radius 3 is 2.81 bits per heavy atom. The van der Waals surface area contributed by atoms with E-state index in [4.69, 9.17) is 4.74 Å². The van der Waals surface area contributed by atoms with Gasteiger partial charge in [-0.25, -0.2) is 0 Å². The van der Waals surface area contributed by atoms with Crippen molar-refractivity contribution in [1.82, 2.24) is 4.90 Å². The Bertz CT molecular complexity index is 246. The molecule has 0 aromatic carbocycles. The number of nitrogens with zero attached hydrogens (tertiary/aromatic N) is 1. The van der Waals surface area contributed by atoms with Gasteiger partial charge in [0.25, 0.3) is 0 Å². The number of aliphatic hydroxyl groups is 1. The summed E-state index contributed by atoms with van der Waals surface area (Å²) in [6, 6.07) is 0. The summed E-state index contributed by atoms with van der Waals surface area (Å²) in [4.78, 5) is 13.1. The lowest BCUT2D eigenvalue weighted by atomic mass is 9.88. The van der Waals surface area contributed by atoms with Crippen molar-refractivity contribution in [2.75, 3.05) is 26.8 Å². The van der Waals surface area contributed by atoms with Crippen LogP contribution < -0.4 is 0 Å². The Hall–Kier alpha value is -0.650. The van der Waals surface area contributed by atoms with E-state index in [0.29, 0.717) is 13.0 Å². The highest BCUT2D eigenvalue weighted by Crippen LogP contribution is 2.28. The number of aliphatic hydroxyl groups excluding tert-OH is 1. The molecule has 0 bridgehead atoms. The third kappa shape index (κ3) is 2.93. The number of piperidine rings is 1. The second-order valence-electron chi connectivity index (χ2n) is 4.59. The van der Waals surface area contributed by atoms with Crippen LogP contribution in [0.15, 0.2) is 0 Å². The van der Waals surface area contributed by atoms with Crippen LogP contribution in [0, 0.1) is 0 Å². The summed E-state index contributed by atoms with van der Waals surface area (Å²) in [5, 5.41) is 18.9. The molecule has 0 spiro atoms. The van der Waals surface area contributed by atoms with Crippen LogP contribution in [0.5, 0.6) is 0 Å². The number of hydrogen-bond acceptors (Lipinski definition) is 4. The predicted molar refractivity (Wildman–Crippen MR) is 59.3 cm³/mol. The van der Waals surface area contributed by atoms with Crippen molar-refractivity contribution in [2.45, 2.75) is 37.8 Å². The fourth-order valence-electron chi connectivity index (χ4n) is 2.21. The summed E-state index contributed by atoms with van der Waals surface area (Å²) in [7, 11) is 1.52. The van der Waals surface area contributed by atoms with E-state index in [1.165, 1.54) is 7.11 Å². The van der Waals surface area contributed by atoms with Gasteiger partial charge in [0, 0.05) is 13.7 Å². The lowest BCUT2D eigenvalue weighted by molar-refractivity contribution is -0.154. The van der Waals surface area contributed by atoms with Gasteiger partial charge in [-0.15, -0.1) is 0 Å². The topological polar surface area (TPSA) is 70.0 Å². The molecule has 94 valence electrons. The van der Waals surface area contributed by atoms with Crippen LogP contribution >= 0.6 is 0 Å². The first-order chi connectivity index (χ1) is 7.50. The summed E-state index contributed by atoms with van der Waals surface area (Å²) in [5.74, 6) is -0.809. The zero-order valence-corrected chi connectivity index (χ0v) is 9.98. The molecule has 0 aromatic heterocycles. The van der Waals surface area contributed by atoms with Gasteiger partial charge in [-0.05, 0) is 32.7 Å². The summed E-state index contributed by atoms with van der Waals surface area (Å²) >= 11 is 0. The first-order valence-corrected chi connectivity index (χ1v) is 5.66. The minimum Gasteiger partial charge on any atom is -0.480 e. The minimum atomic E-state index is -0.840. The second-order valence-corrected chi connectivity index (χ2v) is 4.59. The number of carboxylic acid groups (broad SMARTS) is 1. The van der Waals surface area contributed by atoms with Crippen LogP contribution in [0.25, 0.3) is 0 Å². The third-order valence-corrected chi connectivity index (χ3v) is 3.29. The van der Waals surface area contributed by atoms with E-state index < -0.39 is 17.6 Å². The molecule has 1 fully saturated rings. The Kier molecular flexibility index (Phi) is 4.70. The molecule has 5 nitrogen and oxygen atoms in total. The normalized spacial score (nSPS) is 28.9. The van der Waals surface area contributed by atoms with Gasteiger partial charge >= 0.3 is 5.97 Å². The molecule has 16 heavy (non-hydrogen) atoms. The van der Waals surface area contributed by atoms with Crippen LogP contribution in [0.2, 0.25) is 0 Å². The quantitative estimate of drug-likeness (QED) is 0.713. The van der Waals surface area contributed by atoms with Crippen LogP contribution in [0.3, 0.4) is 0 Å². The monoisotopic (exact) mass is 231 g/mol. The van der Waals surface area contributed by atoms with Crippen molar-refractivity contribution in [1.29, 1.82) is 0 Å². The van der Waals surface area contributed by atoms with Gasteiger partial charge in [-0.1, -0.05) is 0 Å². The van der Waals surface area contributed by atoms with Gasteiger partial charge in [0.15, 0.2) is 0 Å². The van der Waals surface area contributed by atoms with Crippen molar-refractivity contribution in [3.05, 3.63) is 0 Å². The summed E-state index contributed by atoms with van der Waals surface area (Å²) < 4.78 is 4.85. The highest BCUT2D eigenvalue weighted by atomic mass is 16.5. The predicted octanol–water partition coefficient (Wildman–Crippen LogP) is 0.323. The van der Waals surface area contributed by atoms with E-state index in [9.17, 15) is 15.0 Å². The Labute approximate surface area is 96.0 Å². The average molecular weight is 231 g/mol. The molecule has 1 saturated heterocycles. The van der Waals surface area contributed by atoms with Crippen molar-refractivity contribution in [3.8, 4) is 0 Å². The highest BCUT2D eigenvalue weighted by Gasteiger charge is 2.41. The molecule has 1 rings (SSSR count). The maximum absolute atomic E-state index is 11.3. The maximum atomic E-state index is 11.3. The fourth-order valence-corrected chi connectivity index (χ4v) is 2.21. The van der Waals surface area contributed by atoms with Gasteiger partial charge in [-0.3, -0.25) is 9.69 Å². The molecule has 0 aliphatic carbocycles. The molecule has 2 N–H and O–H groups in total. The van der Waals surface area contributed by atoms with Crippen molar-refractivity contribution >= 4 is 5.97 Å². The molecule has 0 radical (unpaired) electrons. The minimum absolute atomic E-state index is 0.242. The molecule has 5 heteroatoms. The van der Waals surface area contributed by atoms with Crippen LogP contribution in [-0.2, 0) is 9.53 Å². The molecule has 1 aliphatic heterocycles. The van der Waals surface area contributed by atoms with E-state index in [1.54, 1.807) is 6.92 Å². The first kappa shape index (κ1) is 13.4. The summed E-state index contributed by atoms with van der Waals surface area (Å²) in [6.45, 7) is 3.06. The van der Waals surface area contributed by atoms with Crippen molar-refractivity contribution in [2.24, 2.45) is 0 Å². The average Bonchev–Trinajstić information content (AvgIpc) is 2.21. The van der Waals surface area contributed by atoms with Crippen molar-refractivity contribution in [3.63, 3.8) is 0 Å². The summed E-state index contributed by atoms with van der Waals surface area (Å²) in [5.41, 5.74) is -0.840. The number of carbonyl (C=O) groups is 1. The van der Waals surface area contributed by atoms with E-state index in [0.717, 1.165) is 19.4 Å². The first-order valence-electron chi connectivity index (χ1n) is 5.66. The largest absolute Gasteiger partial charge is 0.480 e. The molecule has 2 atom stereocenters. The standard InChI is InChI=1S/C11H21NO4/c1-11(10(14)15)5-3-4-6-12(11)7-9(13)8-16-2/h9,13H,3-8H2,1-2H3,(H,14,15). The fraction of sp³-hybridized carbons (Fsp3) is 0.909. The Morgan fingerprint density at radius 1 is 1.56 bits per heavy atom. The van der Waals surface area contributed by atoms with E-state index >= 15 is 0 Å². The van der Waals surface area contributed by atoms with Crippen LogP contribution in [-0.4, -0.2) is 59.5 Å². The SMILES string of the molecule is COCC(O)CN1CCCCC1(C)C(=O)O. The zero-order valence-electron chi connectivity index (χ0n) is 9.98. The molecule has 0 amide bonds. The molecular formula is C11H21NO4. The van der Waals surface area contributed by atoms with Gasteiger partial charge < -0.3 is 14.9 Å². The van der Waals surface area contributed by atoms with Gasteiger partial charge in [-0.2, -0.15) is 0 Å². The molecule has 0 aromatic rings. The number of carboxylic acids is 1.